The number of carbonyl (C=O) groups is 1. The van der Waals surface area contributed by atoms with Gasteiger partial charge in [0.1, 0.15) is 0 Å². The normalized spacial score (nSPS) is 10.3. The highest BCUT2D eigenvalue weighted by atomic mass is 32.2. The monoisotopic (exact) mass is 406 g/mol. The molecular formula is C24H52O2S. The second-order valence-corrected chi connectivity index (χ2v) is 7.64. The van der Waals surface area contributed by atoms with E-state index < -0.39 is 0 Å². The smallest absolute Gasteiger partial charge is 0.305 e. The van der Waals surface area contributed by atoms with Crippen LogP contribution in [0.15, 0.2) is 12.2 Å². The minimum absolute atomic E-state index is 0.0763. The van der Waals surface area contributed by atoms with Gasteiger partial charge in [-0.15, -0.1) is 0 Å². The van der Waals surface area contributed by atoms with Crippen LogP contribution in [0.5, 0.6) is 0 Å². The molecule has 0 rings (SSSR count). The van der Waals surface area contributed by atoms with Crippen molar-refractivity contribution in [1.82, 2.24) is 0 Å². The Morgan fingerprint density at radius 3 is 1.67 bits per heavy atom. The molecule has 0 aliphatic carbocycles. The summed E-state index contributed by atoms with van der Waals surface area (Å²) < 4.78 is 16.1. The summed E-state index contributed by atoms with van der Waals surface area (Å²) in [6.07, 6.45) is 24.1. The van der Waals surface area contributed by atoms with E-state index in [4.69, 9.17) is 2.74 Å². The third-order valence-electron chi connectivity index (χ3n) is 4.16. The number of thioether (sulfide) groups is 1. The van der Waals surface area contributed by atoms with Gasteiger partial charge < -0.3 is 4.74 Å². The molecule has 0 aliphatic rings. The van der Waals surface area contributed by atoms with Crippen LogP contribution < -0.4 is 0 Å². The van der Waals surface area contributed by atoms with E-state index in [9.17, 15) is 4.79 Å². The first-order valence-electron chi connectivity index (χ1n) is 12.4. The maximum Gasteiger partial charge on any atom is 0.305 e. The lowest BCUT2D eigenvalue weighted by Crippen LogP contribution is -1.98. The van der Waals surface area contributed by atoms with E-state index in [0.29, 0.717) is 6.42 Å². The molecule has 0 aromatic carbocycles. The van der Waals surface area contributed by atoms with E-state index in [1.807, 2.05) is 11.8 Å². The number of ether oxygens (including phenoxy) is 1. The van der Waals surface area contributed by atoms with E-state index in [0.717, 1.165) is 12.8 Å². The summed E-state index contributed by atoms with van der Waals surface area (Å²) in [5.74, 6) is 1.16. The molecule has 0 amide bonds. The molecule has 0 bridgehead atoms. The van der Waals surface area contributed by atoms with Crippen molar-refractivity contribution in [2.45, 2.75) is 119 Å². The molecule has 3 heteroatoms. The number of rotatable bonds is 16. The fourth-order valence-electron chi connectivity index (χ4n) is 2.44. The summed E-state index contributed by atoms with van der Waals surface area (Å²) in [4.78, 5) is 10.9. The van der Waals surface area contributed by atoms with Crippen molar-refractivity contribution in [3.8, 4) is 0 Å². The highest BCUT2D eigenvalue weighted by Crippen LogP contribution is 2.10. The highest BCUT2D eigenvalue weighted by Gasteiger charge is 1.98. The van der Waals surface area contributed by atoms with Crippen molar-refractivity contribution < 1.29 is 12.3 Å². The van der Waals surface area contributed by atoms with Gasteiger partial charge in [0.05, 0.1) is 7.11 Å². The Bertz CT molecular complexity index is 286. The number of hydrogen-bond acceptors (Lipinski definition) is 3. The van der Waals surface area contributed by atoms with Crippen LogP contribution in [-0.2, 0) is 9.53 Å². The average Bonchev–Trinajstić information content (AvgIpc) is 2.79. The van der Waals surface area contributed by atoms with Crippen LogP contribution >= 0.6 is 11.8 Å². The maximum atomic E-state index is 10.9. The third-order valence-corrected chi connectivity index (χ3v) is 4.74. The van der Waals surface area contributed by atoms with Crippen molar-refractivity contribution >= 4 is 17.7 Å². The Kier molecular flexibility index (Phi) is 35.3. The number of allylic oxidation sites excluding steroid dienone is 2. The first kappa shape index (κ1) is 28.8. The van der Waals surface area contributed by atoms with Crippen LogP contribution in [0.25, 0.3) is 0 Å². The molecule has 0 spiro atoms. The second-order valence-electron chi connectivity index (χ2n) is 6.49. The van der Waals surface area contributed by atoms with Gasteiger partial charge in [0, 0.05) is 9.16 Å². The zero-order chi connectivity index (χ0) is 23.0. The highest BCUT2D eigenvalue weighted by molar-refractivity contribution is 7.98. The minimum atomic E-state index is -0.0763. The topological polar surface area (TPSA) is 26.3 Å². The molecule has 0 heterocycles. The van der Waals surface area contributed by atoms with Gasteiger partial charge in [-0.2, -0.15) is 11.8 Å². The van der Waals surface area contributed by atoms with E-state index >= 15 is 0 Å². The number of hydrogen-bond donors (Lipinski definition) is 0. The van der Waals surface area contributed by atoms with Crippen molar-refractivity contribution in [2.24, 2.45) is 0 Å². The van der Waals surface area contributed by atoms with Gasteiger partial charge in [0.2, 0.25) is 0 Å². The average molecular weight is 407 g/mol. The minimum Gasteiger partial charge on any atom is -0.469 e. The van der Waals surface area contributed by atoms with Gasteiger partial charge in [-0.25, -0.2) is 0 Å². The first-order chi connectivity index (χ1) is 14.2. The predicted molar refractivity (Wildman–Crippen MR) is 129 cm³/mol. The lowest BCUT2D eigenvalue weighted by molar-refractivity contribution is -0.140. The van der Waals surface area contributed by atoms with Crippen molar-refractivity contribution in [3.63, 3.8) is 0 Å². The van der Waals surface area contributed by atoms with E-state index in [-0.39, 0.29) is 5.97 Å². The quantitative estimate of drug-likeness (QED) is 0.145. The molecule has 0 unspecified atom stereocenters. The van der Waals surface area contributed by atoms with E-state index in [1.165, 1.54) is 98.3 Å². The summed E-state index contributed by atoms with van der Waals surface area (Å²) in [6.45, 7) is 4.41. The Balaban J connectivity index is -0.000000337. The van der Waals surface area contributed by atoms with Gasteiger partial charge in [-0.1, -0.05) is 92.2 Å². The largest absolute Gasteiger partial charge is 0.469 e. The lowest BCUT2D eigenvalue weighted by atomic mass is 10.1. The zero-order valence-corrected chi connectivity index (χ0v) is 20.3. The Hall–Kier alpha value is -0.440. The van der Waals surface area contributed by atoms with Crippen molar-refractivity contribution in [2.75, 3.05) is 19.1 Å². The van der Waals surface area contributed by atoms with Crippen LogP contribution in [0, 0.1) is 0 Å². The Morgan fingerprint density at radius 1 is 0.852 bits per heavy atom. The summed E-state index contributed by atoms with van der Waals surface area (Å²) in [7, 11) is 3.96. The van der Waals surface area contributed by atoms with Gasteiger partial charge in [-0.05, 0) is 44.1 Å². The SMILES string of the molecule is CCCCCCCC/C=C/CCCCCCCC(=O)OC.CCSC.[2H]C.[2H]C. The Labute approximate surface area is 180 Å². The summed E-state index contributed by atoms with van der Waals surface area (Å²) >= 11 is 1.86. The van der Waals surface area contributed by atoms with Crippen molar-refractivity contribution in [3.05, 3.63) is 12.2 Å². The molecule has 0 saturated heterocycles. The Morgan fingerprint density at radius 2 is 1.26 bits per heavy atom. The van der Waals surface area contributed by atoms with Crippen LogP contribution in [0.2, 0.25) is 0 Å². The fraction of sp³-hybridized carbons (Fsp3) is 0.875. The van der Waals surface area contributed by atoms with Crippen LogP contribution in [0.3, 0.4) is 0 Å². The molecular weight excluding hydrogens is 352 g/mol. The number of esters is 1. The molecule has 27 heavy (non-hydrogen) atoms. The number of carbonyl (C=O) groups excluding carboxylic acids is 1. The maximum absolute atomic E-state index is 10.9. The third kappa shape index (κ3) is 37.1. The molecule has 0 saturated carbocycles. The predicted octanol–water partition coefficient (Wildman–Crippen LogP) is 8.84. The molecule has 0 radical (unpaired) electrons. The number of methoxy groups -OCH3 is 1. The molecule has 0 aromatic rings. The van der Waals surface area contributed by atoms with Gasteiger partial charge in [0.25, 0.3) is 0 Å². The fourth-order valence-corrected chi connectivity index (χ4v) is 2.44. The first-order valence-corrected chi connectivity index (χ1v) is 11.8. The van der Waals surface area contributed by atoms with Gasteiger partial charge in [0.15, 0.2) is 0 Å². The molecule has 0 fully saturated rings. The molecule has 0 aliphatic heterocycles. The molecule has 2 nitrogen and oxygen atoms in total. The summed E-state index contributed by atoms with van der Waals surface area (Å²) in [6, 6.07) is 0. The van der Waals surface area contributed by atoms with E-state index in [2.05, 4.69) is 37.0 Å². The number of unbranched alkanes of at least 4 members (excludes halogenated alkanes) is 11. The lowest BCUT2D eigenvalue weighted by Gasteiger charge is -2.00. The zero-order valence-electron chi connectivity index (χ0n) is 21.5. The molecule has 0 aromatic heterocycles. The molecule has 0 atom stereocenters. The second kappa shape index (κ2) is 33.2. The standard InChI is InChI=1S/C19H36O2.C3H8S.2CH4/c1-3-4-5-6-7-8-9-10-11-12-13-14-15-16-17-18-19(20)21-2;1-3-4-2;;/h10-11H,3-9,12-18H2,1-2H3;3H2,1-2H3;2*1H4/b11-10+;;;/i;;2*1D. The molecule has 166 valence electrons. The van der Waals surface area contributed by atoms with Gasteiger partial charge in [-0.3, -0.25) is 4.79 Å². The molecule has 0 N–H and O–H groups in total. The summed E-state index contributed by atoms with van der Waals surface area (Å²) in [5, 5.41) is 0. The van der Waals surface area contributed by atoms with Crippen LogP contribution in [0.4, 0.5) is 0 Å². The van der Waals surface area contributed by atoms with E-state index in [1.54, 1.807) is 0 Å². The van der Waals surface area contributed by atoms with Gasteiger partial charge >= 0.3 is 5.97 Å². The summed E-state index contributed by atoms with van der Waals surface area (Å²) in [5.41, 5.74) is 0. The van der Waals surface area contributed by atoms with Crippen molar-refractivity contribution in [1.29, 1.82) is 0 Å². The van der Waals surface area contributed by atoms with Crippen LogP contribution in [-0.4, -0.2) is 25.1 Å². The van der Waals surface area contributed by atoms with Crippen LogP contribution in [0.1, 0.15) is 121 Å².